The summed E-state index contributed by atoms with van der Waals surface area (Å²) in [5.41, 5.74) is 10.6. The summed E-state index contributed by atoms with van der Waals surface area (Å²) in [5, 5.41) is 0. The van der Waals surface area contributed by atoms with Crippen LogP contribution in [0.4, 0.5) is 0 Å². The predicted octanol–water partition coefficient (Wildman–Crippen LogP) is -2.03. The minimum atomic E-state index is -0.827. The lowest BCUT2D eigenvalue weighted by Gasteiger charge is -2.34. The molecule has 17 heavy (non-hydrogen) atoms. The molecule has 0 bridgehead atoms. The molecule has 0 aliphatic carbocycles. The molecule has 1 aliphatic rings. The smallest absolute Gasteiger partial charge is 0.240 e. The van der Waals surface area contributed by atoms with Gasteiger partial charge in [-0.15, -0.1) is 6.42 Å². The molecule has 0 saturated carbocycles. The Kier molecular flexibility index (Phi) is 4.94. The monoisotopic (exact) mass is 238 g/mol. The number of amides is 2. The first-order valence-electron chi connectivity index (χ1n) is 5.53. The van der Waals surface area contributed by atoms with Gasteiger partial charge in [-0.05, 0) is 0 Å². The van der Waals surface area contributed by atoms with E-state index in [0.717, 1.165) is 13.1 Å². The quantitative estimate of drug-likeness (QED) is 0.552. The average molecular weight is 238 g/mol. The van der Waals surface area contributed by atoms with Crippen LogP contribution in [0.15, 0.2) is 0 Å². The van der Waals surface area contributed by atoms with Crippen molar-refractivity contribution in [2.45, 2.75) is 12.5 Å². The van der Waals surface area contributed by atoms with Gasteiger partial charge in [0.15, 0.2) is 0 Å². The Bertz CT molecular complexity index is 329. The van der Waals surface area contributed by atoms with Crippen LogP contribution >= 0.6 is 0 Å². The summed E-state index contributed by atoms with van der Waals surface area (Å²) < 4.78 is 0. The molecule has 1 unspecified atom stereocenters. The number of primary amides is 1. The largest absolute Gasteiger partial charge is 0.370 e. The maximum atomic E-state index is 11.8. The number of carbonyl (C=O) groups is 2. The number of carbonyl (C=O) groups excluding carboxylic acids is 2. The molecule has 2 amide bonds. The summed E-state index contributed by atoms with van der Waals surface area (Å²) in [7, 11) is 0. The van der Waals surface area contributed by atoms with E-state index >= 15 is 0 Å². The lowest BCUT2D eigenvalue weighted by atomic mass is 10.1. The first-order chi connectivity index (χ1) is 8.04. The van der Waals surface area contributed by atoms with E-state index in [4.69, 9.17) is 17.9 Å². The summed E-state index contributed by atoms with van der Waals surface area (Å²) in [6.45, 7) is 3.24. The molecule has 94 valence electrons. The highest BCUT2D eigenvalue weighted by Crippen LogP contribution is 2.04. The third kappa shape index (κ3) is 4.06. The fourth-order valence-electron chi connectivity index (χ4n) is 1.79. The Labute approximate surface area is 101 Å². The Morgan fingerprint density at radius 3 is 2.35 bits per heavy atom. The normalized spacial score (nSPS) is 18.5. The third-order valence-corrected chi connectivity index (χ3v) is 2.74. The second-order valence-corrected chi connectivity index (χ2v) is 4.08. The first kappa shape index (κ1) is 13.5. The van der Waals surface area contributed by atoms with E-state index in [1.165, 1.54) is 0 Å². The van der Waals surface area contributed by atoms with Gasteiger partial charge in [-0.25, -0.2) is 0 Å². The van der Waals surface area contributed by atoms with Crippen molar-refractivity contribution >= 4 is 11.8 Å². The zero-order valence-corrected chi connectivity index (χ0v) is 9.76. The highest BCUT2D eigenvalue weighted by Gasteiger charge is 2.25. The fraction of sp³-hybridized carbons (Fsp3) is 0.636. The molecule has 1 aliphatic heterocycles. The molecule has 0 aromatic heterocycles. The lowest BCUT2D eigenvalue weighted by molar-refractivity contribution is -0.136. The molecule has 1 heterocycles. The topological polar surface area (TPSA) is 92.7 Å². The van der Waals surface area contributed by atoms with Crippen molar-refractivity contribution < 1.29 is 9.59 Å². The highest BCUT2D eigenvalue weighted by molar-refractivity contribution is 5.87. The molecule has 0 radical (unpaired) electrons. The highest BCUT2D eigenvalue weighted by atomic mass is 16.2. The molecule has 1 saturated heterocycles. The minimum Gasteiger partial charge on any atom is -0.370 e. The molecule has 0 spiro atoms. The summed E-state index contributed by atoms with van der Waals surface area (Å²) >= 11 is 0. The van der Waals surface area contributed by atoms with Crippen LogP contribution in [0.2, 0.25) is 0 Å². The molecule has 0 aromatic carbocycles. The van der Waals surface area contributed by atoms with Gasteiger partial charge in [-0.2, -0.15) is 0 Å². The van der Waals surface area contributed by atoms with Gasteiger partial charge in [0.25, 0.3) is 0 Å². The van der Waals surface area contributed by atoms with Crippen LogP contribution in [0, 0.1) is 12.3 Å². The number of hydrogen-bond acceptors (Lipinski definition) is 4. The minimum absolute atomic E-state index is 0.108. The molecule has 6 nitrogen and oxygen atoms in total. The summed E-state index contributed by atoms with van der Waals surface area (Å²) in [5.74, 6) is 1.79. The van der Waals surface area contributed by atoms with E-state index in [1.54, 1.807) is 4.90 Å². The van der Waals surface area contributed by atoms with Crippen molar-refractivity contribution in [3.8, 4) is 12.3 Å². The predicted molar refractivity (Wildman–Crippen MR) is 63.6 cm³/mol. The Morgan fingerprint density at radius 1 is 1.29 bits per heavy atom. The van der Waals surface area contributed by atoms with Crippen molar-refractivity contribution in [3.63, 3.8) is 0 Å². The van der Waals surface area contributed by atoms with Gasteiger partial charge in [0.05, 0.1) is 19.0 Å². The summed E-state index contributed by atoms with van der Waals surface area (Å²) in [6.07, 6.45) is 5.11. The van der Waals surface area contributed by atoms with E-state index in [2.05, 4.69) is 10.8 Å². The fourth-order valence-corrected chi connectivity index (χ4v) is 1.79. The zero-order chi connectivity index (χ0) is 12.8. The van der Waals surface area contributed by atoms with Crippen LogP contribution in [-0.2, 0) is 9.59 Å². The van der Waals surface area contributed by atoms with Crippen molar-refractivity contribution in [1.82, 2.24) is 9.80 Å². The maximum Gasteiger partial charge on any atom is 0.240 e. The number of rotatable bonds is 4. The van der Waals surface area contributed by atoms with Gasteiger partial charge >= 0.3 is 0 Å². The van der Waals surface area contributed by atoms with Crippen molar-refractivity contribution in [2.75, 3.05) is 32.7 Å². The van der Waals surface area contributed by atoms with Crippen LogP contribution in [0.1, 0.15) is 6.42 Å². The van der Waals surface area contributed by atoms with E-state index < -0.39 is 11.9 Å². The maximum absolute atomic E-state index is 11.8. The van der Waals surface area contributed by atoms with Crippen molar-refractivity contribution in [2.24, 2.45) is 11.5 Å². The van der Waals surface area contributed by atoms with Gasteiger partial charge in [0.1, 0.15) is 0 Å². The standard InChI is InChI=1S/C11H18N4O2/c1-2-3-14-4-6-15(7-5-14)11(17)9(12)8-10(13)16/h1,9H,3-8,12H2,(H2,13,16). The molecular weight excluding hydrogens is 220 g/mol. The second kappa shape index (κ2) is 6.23. The van der Waals surface area contributed by atoms with Crippen LogP contribution < -0.4 is 11.5 Å². The van der Waals surface area contributed by atoms with Crippen LogP contribution in [0.25, 0.3) is 0 Å². The first-order valence-corrected chi connectivity index (χ1v) is 5.53. The van der Waals surface area contributed by atoms with E-state index in [0.29, 0.717) is 19.6 Å². The van der Waals surface area contributed by atoms with Gasteiger partial charge in [0, 0.05) is 26.2 Å². The molecule has 6 heteroatoms. The van der Waals surface area contributed by atoms with E-state index in [1.807, 2.05) is 0 Å². The van der Waals surface area contributed by atoms with Crippen LogP contribution in [-0.4, -0.2) is 60.4 Å². The lowest BCUT2D eigenvalue weighted by Crippen LogP contribution is -2.53. The van der Waals surface area contributed by atoms with Gasteiger partial charge in [0.2, 0.25) is 11.8 Å². The Morgan fingerprint density at radius 2 is 1.88 bits per heavy atom. The van der Waals surface area contributed by atoms with Crippen LogP contribution in [0.5, 0.6) is 0 Å². The number of terminal acetylenes is 1. The third-order valence-electron chi connectivity index (χ3n) is 2.74. The van der Waals surface area contributed by atoms with Crippen LogP contribution in [0.3, 0.4) is 0 Å². The zero-order valence-electron chi connectivity index (χ0n) is 9.76. The number of nitrogens with two attached hydrogens (primary N) is 2. The average Bonchev–Trinajstić information content (AvgIpc) is 2.28. The van der Waals surface area contributed by atoms with Crippen molar-refractivity contribution in [3.05, 3.63) is 0 Å². The summed E-state index contributed by atoms with van der Waals surface area (Å²) in [4.78, 5) is 26.2. The number of piperazine rings is 1. The molecule has 4 N–H and O–H groups in total. The Hall–Kier alpha value is -1.58. The molecule has 1 atom stereocenters. The molecule has 1 rings (SSSR count). The SMILES string of the molecule is C#CCN1CCN(C(=O)C(N)CC(N)=O)CC1. The Balaban J connectivity index is 2.40. The van der Waals surface area contributed by atoms with E-state index in [-0.39, 0.29) is 12.3 Å². The van der Waals surface area contributed by atoms with Gasteiger partial charge in [-0.3, -0.25) is 14.5 Å². The second-order valence-electron chi connectivity index (χ2n) is 4.08. The molecular formula is C11H18N4O2. The van der Waals surface area contributed by atoms with Gasteiger partial charge < -0.3 is 16.4 Å². The van der Waals surface area contributed by atoms with E-state index in [9.17, 15) is 9.59 Å². The van der Waals surface area contributed by atoms with Crippen molar-refractivity contribution in [1.29, 1.82) is 0 Å². The molecule has 0 aromatic rings. The number of hydrogen-bond donors (Lipinski definition) is 2. The molecule has 1 fully saturated rings. The summed E-state index contributed by atoms with van der Waals surface area (Å²) in [6, 6.07) is -0.827. The van der Waals surface area contributed by atoms with Gasteiger partial charge in [-0.1, -0.05) is 5.92 Å². The number of nitrogens with zero attached hydrogens (tertiary/aromatic N) is 2.